The minimum atomic E-state index is -4.59. The molecule has 2 aromatic rings. The van der Waals surface area contributed by atoms with Crippen LogP contribution in [0.1, 0.15) is 103 Å². The van der Waals surface area contributed by atoms with Crippen LogP contribution in [-0.4, -0.2) is 74.9 Å². The summed E-state index contributed by atoms with van der Waals surface area (Å²) in [5.41, 5.74) is 0.704. The molecule has 1 aromatic carbocycles. The normalized spacial score (nSPS) is 29.6. The highest BCUT2D eigenvalue weighted by molar-refractivity contribution is 7.54. The van der Waals surface area contributed by atoms with E-state index in [4.69, 9.17) is 14.2 Å². The number of carbonyl (C=O) groups is 3. The molecule has 11 nitrogen and oxygen atoms in total. The van der Waals surface area contributed by atoms with Crippen LogP contribution in [0.15, 0.2) is 24.4 Å². The summed E-state index contributed by atoms with van der Waals surface area (Å²) in [6.07, 6.45) is 8.68. The second kappa shape index (κ2) is 14.5. The highest BCUT2D eigenvalue weighted by Crippen LogP contribution is 2.71. The molecule has 5 atom stereocenters. The Morgan fingerprint density at radius 3 is 2.58 bits per heavy atom. The Balaban J connectivity index is 1.38. The topological polar surface area (TPSA) is 153 Å². The van der Waals surface area contributed by atoms with Crippen LogP contribution < -0.4 is 9.47 Å². The minimum absolute atomic E-state index is 0.0272. The third-order valence-corrected chi connectivity index (χ3v) is 13.8. The molecule has 2 unspecified atom stereocenters. The number of hydrogen-bond donors (Lipinski definition) is 2. The van der Waals surface area contributed by atoms with Gasteiger partial charge in [-0.3, -0.25) is 18.9 Å². The maximum Gasteiger partial charge on any atom is 0.332 e. The smallest absolute Gasteiger partial charge is 0.332 e. The summed E-state index contributed by atoms with van der Waals surface area (Å²) < 4.78 is 30.9. The highest BCUT2D eigenvalue weighted by atomic mass is 31.2. The molecule has 1 amide bonds. The van der Waals surface area contributed by atoms with E-state index in [1.807, 2.05) is 25.1 Å². The number of carbonyl (C=O) groups excluding carboxylic acids is 3. The molecule has 1 saturated heterocycles. The standard InChI is InChI=1S/C38H53N2O9P/c1-5-27-20-38(27,50(44,45)46)21-32(41)31-18-28-22-40(31)36(43)30(24-10-7-6-8-11-24)19-34(42)48-23-37(2,3)14-9-12-26-16-29-25(17-33(26)47-4)13-15-39-35(29)49-28/h13,15-17,24,27-28,30-31H,5-12,14,18-23H2,1-4H3,(H2,44,45,46)/t27?,28-,30+,31+,38?/m1/s1. The fourth-order valence-corrected chi connectivity index (χ4v) is 10.3. The van der Waals surface area contributed by atoms with E-state index in [2.05, 4.69) is 18.8 Å². The molecule has 3 heterocycles. The molecule has 50 heavy (non-hydrogen) atoms. The first-order chi connectivity index (χ1) is 23.7. The number of aromatic nitrogens is 1. The Hall–Kier alpha value is -3.01. The van der Waals surface area contributed by atoms with E-state index in [0.717, 1.165) is 73.5 Å². The van der Waals surface area contributed by atoms with Crippen LogP contribution >= 0.6 is 7.60 Å². The largest absolute Gasteiger partial charge is 0.496 e. The third-order valence-electron chi connectivity index (χ3n) is 11.9. The lowest BCUT2D eigenvalue weighted by Crippen LogP contribution is -2.47. The number of methoxy groups -OCH3 is 1. The van der Waals surface area contributed by atoms with Crippen LogP contribution in [0.2, 0.25) is 0 Å². The van der Waals surface area contributed by atoms with Crippen molar-refractivity contribution in [2.75, 3.05) is 20.3 Å². The fraction of sp³-hybridized carbons (Fsp3) is 0.684. The van der Waals surface area contributed by atoms with Gasteiger partial charge in [-0.25, -0.2) is 4.98 Å². The number of esters is 1. The van der Waals surface area contributed by atoms with Crippen LogP contribution in [-0.2, 0) is 30.1 Å². The fourth-order valence-electron chi connectivity index (χ4n) is 8.82. The van der Waals surface area contributed by atoms with Crippen molar-refractivity contribution < 1.29 is 42.9 Å². The molecule has 0 radical (unpaired) electrons. The second-order valence-corrected chi connectivity index (χ2v) is 17.9. The van der Waals surface area contributed by atoms with Crippen molar-refractivity contribution >= 4 is 36.0 Å². The number of Topliss-reactive ketones (excluding diaryl/α,β-unsaturated/α-hetero) is 1. The molecule has 2 aliphatic carbocycles. The highest BCUT2D eigenvalue weighted by Gasteiger charge is 2.66. The Bertz CT molecular complexity index is 1650. The van der Waals surface area contributed by atoms with Crippen molar-refractivity contribution in [2.45, 2.75) is 122 Å². The number of benzene rings is 1. The summed E-state index contributed by atoms with van der Waals surface area (Å²) in [4.78, 5) is 69.3. The number of ether oxygens (including phenoxy) is 3. The summed E-state index contributed by atoms with van der Waals surface area (Å²) >= 11 is 0. The number of hydrogen-bond acceptors (Lipinski definition) is 8. The molecule has 3 fully saturated rings. The number of rotatable bonds is 7. The van der Waals surface area contributed by atoms with E-state index in [9.17, 15) is 28.7 Å². The molecule has 1 aromatic heterocycles. The number of fused-ring (bicyclic) bond motifs is 3. The van der Waals surface area contributed by atoms with Gasteiger partial charge >= 0.3 is 13.6 Å². The first-order valence-electron chi connectivity index (χ1n) is 18.4. The number of amides is 1. The van der Waals surface area contributed by atoms with Crippen LogP contribution in [0, 0.1) is 23.2 Å². The predicted octanol–water partition coefficient (Wildman–Crippen LogP) is 6.39. The van der Waals surface area contributed by atoms with E-state index >= 15 is 0 Å². The summed E-state index contributed by atoms with van der Waals surface area (Å²) in [5, 5.41) is 0.288. The van der Waals surface area contributed by atoms with Crippen molar-refractivity contribution in [2.24, 2.45) is 23.2 Å². The second-order valence-electron chi connectivity index (χ2n) is 16.0. The molecule has 4 aliphatic rings. The molecule has 12 heteroatoms. The van der Waals surface area contributed by atoms with Crippen molar-refractivity contribution in [1.82, 2.24) is 9.88 Å². The van der Waals surface area contributed by atoms with Gasteiger partial charge in [0.1, 0.15) is 11.9 Å². The molecular weight excluding hydrogens is 659 g/mol. The molecule has 2 saturated carbocycles. The van der Waals surface area contributed by atoms with Gasteiger partial charge in [0, 0.05) is 24.4 Å². The number of nitrogens with zero attached hydrogens (tertiary/aromatic N) is 2. The monoisotopic (exact) mass is 712 g/mol. The van der Waals surface area contributed by atoms with Gasteiger partial charge < -0.3 is 28.9 Å². The molecule has 2 N–H and O–H groups in total. The van der Waals surface area contributed by atoms with Gasteiger partial charge in [0.25, 0.3) is 0 Å². The van der Waals surface area contributed by atoms with Crippen molar-refractivity contribution in [3.05, 3.63) is 30.0 Å². The van der Waals surface area contributed by atoms with Crippen molar-refractivity contribution in [1.29, 1.82) is 0 Å². The van der Waals surface area contributed by atoms with E-state index in [1.165, 1.54) is 0 Å². The zero-order valence-electron chi connectivity index (χ0n) is 29.9. The number of pyridine rings is 1. The lowest BCUT2D eigenvalue weighted by Gasteiger charge is -2.34. The summed E-state index contributed by atoms with van der Waals surface area (Å²) in [6, 6.07) is 4.96. The number of aryl methyl sites for hydroxylation is 1. The number of ketones is 1. The number of cyclic esters (lactones) is 1. The zero-order valence-corrected chi connectivity index (χ0v) is 30.8. The van der Waals surface area contributed by atoms with Crippen LogP contribution in [0.4, 0.5) is 0 Å². The minimum Gasteiger partial charge on any atom is -0.496 e. The molecule has 4 bridgehead atoms. The lowest BCUT2D eigenvalue weighted by atomic mass is 9.77. The van der Waals surface area contributed by atoms with Gasteiger partial charge in [0.05, 0.1) is 43.8 Å². The Morgan fingerprint density at radius 2 is 1.90 bits per heavy atom. The van der Waals surface area contributed by atoms with Gasteiger partial charge in [0.2, 0.25) is 11.8 Å². The van der Waals surface area contributed by atoms with E-state index in [1.54, 1.807) is 18.2 Å². The lowest BCUT2D eigenvalue weighted by molar-refractivity contribution is -0.154. The quantitative estimate of drug-likeness (QED) is 0.244. The van der Waals surface area contributed by atoms with E-state index in [-0.39, 0.29) is 67.8 Å². The van der Waals surface area contributed by atoms with Gasteiger partial charge in [-0.15, -0.1) is 0 Å². The molecule has 2 aliphatic heterocycles. The average molecular weight is 713 g/mol. The van der Waals surface area contributed by atoms with Crippen LogP contribution in [0.5, 0.6) is 11.6 Å². The molecule has 274 valence electrons. The van der Waals surface area contributed by atoms with E-state index < -0.39 is 36.8 Å². The van der Waals surface area contributed by atoms with Gasteiger partial charge in [-0.05, 0) is 84.9 Å². The van der Waals surface area contributed by atoms with Gasteiger partial charge in [-0.1, -0.05) is 46.5 Å². The third kappa shape index (κ3) is 7.61. The summed E-state index contributed by atoms with van der Waals surface area (Å²) in [5.74, 6) is -0.880. The van der Waals surface area contributed by atoms with Crippen molar-refractivity contribution in [3.8, 4) is 11.6 Å². The summed E-state index contributed by atoms with van der Waals surface area (Å²) in [7, 11) is -2.95. The van der Waals surface area contributed by atoms with E-state index in [0.29, 0.717) is 12.3 Å². The first kappa shape index (κ1) is 36.8. The predicted molar refractivity (Wildman–Crippen MR) is 188 cm³/mol. The maximum absolute atomic E-state index is 14.7. The maximum atomic E-state index is 14.7. The Labute approximate surface area is 295 Å². The Morgan fingerprint density at radius 1 is 1.14 bits per heavy atom. The SMILES string of the molecule is CCC1CC1(CC(=O)[C@@H]1C[C@@H]2CN1C(=O)[C@H](C1CCCCC1)CC(=O)OCC(C)(C)CCCc1cc3c(nccc3cc1OC)O2)P(=O)(O)O. The Kier molecular flexibility index (Phi) is 10.7. The van der Waals surface area contributed by atoms with Crippen LogP contribution in [0.25, 0.3) is 10.8 Å². The molecule has 6 rings (SSSR count). The molecule has 0 spiro atoms. The average Bonchev–Trinajstić information content (AvgIpc) is 3.66. The summed E-state index contributed by atoms with van der Waals surface area (Å²) in [6.45, 7) is 6.34. The first-order valence-corrected chi connectivity index (χ1v) is 20.0. The van der Waals surface area contributed by atoms with Gasteiger partial charge in [-0.2, -0.15) is 0 Å². The van der Waals surface area contributed by atoms with Crippen LogP contribution in [0.3, 0.4) is 0 Å². The van der Waals surface area contributed by atoms with Gasteiger partial charge in [0.15, 0.2) is 5.78 Å². The molecular formula is C38H53N2O9P. The zero-order chi connectivity index (χ0) is 35.8. The van der Waals surface area contributed by atoms with Crippen molar-refractivity contribution in [3.63, 3.8) is 0 Å².